The van der Waals surface area contributed by atoms with Crippen molar-refractivity contribution in [3.63, 3.8) is 0 Å². The number of hydrogen-bond acceptors (Lipinski definition) is 11. The third-order valence-corrected chi connectivity index (χ3v) is 10.8. The first-order valence-corrected chi connectivity index (χ1v) is 13.9. The summed E-state index contributed by atoms with van der Waals surface area (Å²) in [6, 6.07) is 2.97. The standard InChI is InChI=1S/C30H36O11/c1-13-7-17(31)26(33)28(3)16(13)10-20-29(4)25(28)24(22(37-6)14(2)30(29,35)11-21(32)40-20)41-27(34)15-8-18(36-5)23-19(9-15)38-12-39-23/h8-9,13,16-17,20,24-25,31,35H,7,10-12H2,1-6H3/t13-,16+,17+,20-,24-,25-,28+,29-,30-/m1/s1. The Morgan fingerprint density at radius 1 is 1.10 bits per heavy atom. The number of aliphatic hydroxyl groups excluding tert-OH is 1. The van der Waals surface area contributed by atoms with E-state index in [1.54, 1.807) is 20.8 Å². The van der Waals surface area contributed by atoms with E-state index in [9.17, 15) is 24.6 Å². The molecule has 1 aromatic carbocycles. The Morgan fingerprint density at radius 2 is 1.83 bits per heavy atom. The summed E-state index contributed by atoms with van der Waals surface area (Å²) in [5, 5.41) is 23.3. The fraction of sp³-hybridized carbons (Fsp3) is 0.633. The number of carbonyl (C=O) groups excluding carboxylic acids is 3. The first-order chi connectivity index (χ1) is 19.3. The van der Waals surface area contributed by atoms with Gasteiger partial charge in [0.05, 0.1) is 26.2 Å². The first kappa shape index (κ1) is 27.8. The predicted octanol–water partition coefficient (Wildman–Crippen LogP) is 2.55. The van der Waals surface area contributed by atoms with Crippen molar-refractivity contribution in [2.24, 2.45) is 28.6 Å². The number of Topliss-reactive ketones (excluding diaryl/α,β-unsaturated/α-hetero) is 1. The molecule has 11 heteroatoms. The van der Waals surface area contributed by atoms with Gasteiger partial charge in [-0.3, -0.25) is 9.59 Å². The van der Waals surface area contributed by atoms with Gasteiger partial charge in [0.2, 0.25) is 12.5 Å². The van der Waals surface area contributed by atoms with Crippen LogP contribution < -0.4 is 14.2 Å². The number of ketones is 1. The van der Waals surface area contributed by atoms with Crippen LogP contribution in [-0.2, 0) is 23.8 Å². The van der Waals surface area contributed by atoms with E-state index in [2.05, 4.69) is 0 Å². The maximum atomic E-state index is 14.0. The van der Waals surface area contributed by atoms with E-state index in [0.717, 1.165) is 0 Å². The van der Waals surface area contributed by atoms with Crippen molar-refractivity contribution in [1.82, 2.24) is 0 Å². The zero-order valence-corrected chi connectivity index (χ0v) is 24.0. The second-order valence-corrected chi connectivity index (χ2v) is 12.4. The second-order valence-electron chi connectivity index (χ2n) is 12.4. The molecule has 0 spiro atoms. The van der Waals surface area contributed by atoms with Crippen molar-refractivity contribution in [2.45, 2.75) is 70.9 Å². The van der Waals surface area contributed by atoms with E-state index in [4.69, 9.17) is 28.4 Å². The molecule has 9 atom stereocenters. The number of aliphatic hydroxyl groups is 2. The lowest BCUT2D eigenvalue weighted by molar-refractivity contribution is -0.279. The van der Waals surface area contributed by atoms with Gasteiger partial charge in [0.25, 0.3) is 0 Å². The summed E-state index contributed by atoms with van der Waals surface area (Å²) >= 11 is 0. The Labute approximate surface area is 237 Å². The van der Waals surface area contributed by atoms with E-state index < -0.39 is 52.6 Å². The molecule has 222 valence electrons. The normalized spacial score (nSPS) is 40.8. The van der Waals surface area contributed by atoms with Crippen LogP contribution in [0.3, 0.4) is 0 Å². The third kappa shape index (κ3) is 3.48. The molecule has 11 nitrogen and oxygen atoms in total. The highest BCUT2D eigenvalue weighted by Gasteiger charge is 2.77. The number of ether oxygens (including phenoxy) is 6. The molecule has 1 saturated heterocycles. The molecule has 3 aliphatic carbocycles. The van der Waals surface area contributed by atoms with Crippen LogP contribution in [0.2, 0.25) is 0 Å². The van der Waals surface area contributed by atoms with Crippen LogP contribution in [0.4, 0.5) is 0 Å². The van der Waals surface area contributed by atoms with Crippen LogP contribution in [0.15, 0.2) is 23.5 Å². The van der Waals surface area contributed by atoms with E-state index in [-0.39, 0.29) is 48.6 Å². The van der Waals surface area contributed by atoms with Crippen LogP contribution in [0, 0.1) is 28.6 Å². The average Bonchev–Trinajstić information content (AvgIpc) is 3.40. The maximum absolute atomic E-state index is 14.0. The SMILES string of the molecule is COC1=C(C)[C@]2(O)CC(=O)O[C@@H]3C[C@H]4[C@H](C)C[C@H](O)C(=O)[C@]4(C)[C@@H]([C@@H]1OC(=O)c1cc(OC)c4c(c1)OCO4)[C@@]32C. The molecule has 2 heterocycles. The minimum atomic E-state index is -1.74. The zero-order valence-electron chi connectivity index (χ0n) is 24.0. The van der Waals surface area contributed by atoms with Crippen molar-refractivity contribution < 1.29 is 53.0 Å². The Kier molecular flexibility index (Phi) is 6.17. The molecular formula is C30H36O11. The number of hydrogen-bond donors (Lipinski definition) is 2. The summed E-state index contributed by atoms with van der Waals surface area (Å²) in [7, 11) is 2.84. The summed E-state index contributed by atoms with van der Waals surface area (Å²) in [5.41, 5.74) is -3.78. The minimum Gasteiger partial charge on any atom is -0.497 e. The molecule has 0 radical (unpaired) electrons. The van der Waals surface area contributed by atoms with Gasteiger partial charge in [-0.15, -0.1) is 0 Å². The van der Waals surface area contributed by atoms with Crippen molar-refractivity contribution in [1.29, 1.82) is 0 Å². The summed E-state index contributed by atoms with van der Waals surface area (Å²) in [6.07, 6.45) is -2.89. The summed E-state index contributed by atoms with van der Waals surface area (Å²) in [4.78, 5) is 40.7. The second kappa shape index (κ2) is 9.09. The average molecular weight is 573 g/mol. The zero-order chi connectivity index (χ0) is 29.6. The number of rotatable bonds is 4. The van der Waals surface area contributed by atoms with Gasteiger partial charge in [0, 0.05) is 22.3 Å². The Bertz CT molecular complexity index is 1370. The van der Waals surface area contributed by atoms with Crippen LogP contribution in [0.25, 0.3) is 0 Å². The lowest BCUT2D eigenvalue weighted by Crippen LogP contribution is -2.76. The third-order valence-electron chi connectivity index (χ3n) is 10.8. The monoisotopic (exact) mass is 572 g/mol. The predicted molar refractivity (Wildman–Crippen MR) is 140 cm³/mol. The van der Waals surface area contributed by atoms with Crippen LogP contribution in [0.1, 0.15) is 57.3 Å². The number of esters is 2. The maximum Gasteiger partial charge on any atom is 0.339 e. The van der Waals surface area contributed by atoms with Crippen molar-refractivity contribution in [3.8, 4) is 17.2 Å². The molecule has 0 unspecified atom stereocenters. The minimum absolute atomic E-state index is 0.0237. The molecule has 0 bridgehead atoms. The first-order valence-electron chi connectivity index (χ1n) is 13.9. The van der Waals surface area contributed by atoms with E-state index in [1.807, 2.05) is 6.92 Å². The molecule has 41 heavy (non-hydrogen) atoms. The fourth-order valence-electron chi connectivity index (χ4n) is 8.77. The van der Waals surface area contributed by atoms with Gasteiger partial charge < -0.3 is 38.6 Å². The van der Waals surface area contributed by atoms with Gasteiger partial charge >= 0.3 is 11.9 Å². The van der Waals surface area contributed by atoms with Crippen molar-refractivity contribution >= 4 is 17.7 Å². The van der Waals surface area contributed by atoms with E-state index >= 15 is 0 Å². The van der Waals surface area contributed by atoms with Crippen LogP contribution >= 0.6 is 0 Å². The van der Waals surface area contributed by atoms with Gasteiger partial charge in [-0.2, -0.15) is 0 Å². The van der Waals surface area contributed by atoms with Crippen LogP contribution in [0.5, 0.6) is 17.2 Å². The molecular weight excluding hydrogens is 536 g/mol. The van der Waals surface area contributed by atoms with Gasteiger partial charge in [-0.25, -0.2) is 4.79 Å². The van der Waals surface area contributed by atoms with E-state index in [1.165, 1.54) is 26.4 Å². The largest absolute Gasteiger partial charge is 0.497 e. The number of fused-ring (bicyclic) bond motifs is 3. The number of carbonyl (C=O) groups is 3. The lowest BCUT2D eigenvalue weighted by Gasteiger charge is -2.69. The Hall–Kier alpha value is -3.31. The highest BCUT2D eigenvalue weighted by Crippen LogP contribution is 2.69. The lowest BCUT2D eigenvalue weighted by atomic mass is 9.38. The van der Waals surface area contributed by atoms with Gasteiger partial charge in [-0.05, 0) is 43.7 Å². The quantitative estimate of drug-likeness (QED) is 0.513. The molecule has 2 N–H and O–H groups in total. The van der Waals surface area contributed by atoms with Gasteiger partial charge in [-0.1, -0.05) is 20.8 Å². The molecule has 5 aliphatic rings. The highest BCUT2D eigenvalue weighted by atomic mass is 16.7. The molecule has 2 aliphatic heterocycles. The molecule has 2 saturated carbocycles. The number of methoxy groups -OCH3 is 2. The topological polar surface area (TPSA) is 147 Å². The van der Waals surface area contributed by atoms with Crippen molar-refractivity contribution in [3.05, 3.63) is 29.0 Å². The smallest absolute Gasteiger partial charge is 0.339 e. The molecule has 6 rings (SSSR count). The van der Waals surface area contributed by atoms with Gasteiger partial charge in [0.15, 0.2) is 23.4 Å². The van der Waals surface area contributed by atoms with Gasteiger partial charge in [0.1, 0.15) is 23.6 Å². The van der Waals surface area contributed by atoms with Crippen LogP contribution in [-0.4, -0.2) is 72.9 Å². The highest BCUT2D eigenvalue weighted by molar-refractivity contribution is 5.93. The fourth-order valence-corrected chi connectivity index (χ4v) is 8.77. The summed E-state index contributed by atoms with van der Waals surface area (Å²) in [6.45, 7) is 7.15. The molecule has 1 aromatic rings. The molecule has 3 fully saturated rings. The van der Waals surface area contributed by atoms with E-state index in [0.29, 0.717) is 29.2 Å². The summed E-state index contributed by atoms with van der Waals surface area (Å²) < 4.78 is 34.3. The Balaban J connectivity index is 1.54. The molecule has 0 amide bonds. The summed E-state index contributed by atoms with van der Waals surface area (Å²) in [5.74, 6) is -1.86. The Morgan fingerprint density at radius 3 is 2.51 bits per heavy atom. The van der Waals surface area contributed by atoms with Crippen molar-refractivity contribution in [2.75, 3.05) is 21.0 Å². The number of benzene rings is 1. The molecule has 0 aromatic heterocycles.